The van der Waals surface area contributed by atoms with E-state index < -0.39 is 0 Å². The van der Waals surface area contributed by atoms with Gasteiger partial charge in [-0.2, -0.15) is 0 Å². The van der Waals surface area contributed by atoms with Crippen molar-refractivity contribution in [3.63, 3.8) is 0 Å². The topological polar surface area (TPSA) is 26.0 Å². The summed E-state index contributed by atoms with van der Waals surface area (Å²) >= 11 is 2.22. The molecule has 0 amide bonds. The molecule has 2 aromatic rings. The van der Waals surface area contributed by atoms with E-state index in [0.29, 0.717) is 11.7 Å². The monoisotopic (exact) mass is 310 g/mol. The number of nitrogens with two attached hydrogens (primary N) is 1. The Kier molecular flexibility index (Phi) is 4.73. The summed E-state index contributed by atoms with van der Waals surface area (Å²) in [7, 11) is 4.49. The van der Waals surface area contributed by atoms with Gasteiger partial charge in [0.05, 0.1) is 0 Å². The Morgan fingerprint density at radius 1 is 1.20 bits per heavy atom. The van der Waals surface area contributed by atoms with E-state index in [2.05, 4.69) is 33.8 Å². The molecule has 1 nitrogen and oxygen atoms in total. The van der Waals surface area contributed by atoms with Crippen LogP contribution in [0.1, 0.15) is 1.37 Å². The second-order valence-electron chi connectivity index (χ2n) is 2.78. The number of rotatable bonds is 1. The molecular formula is C12H10ClNPd. The predicted octanol–water partition coefficient (Wildman–Crippen LogP) is 3.42. The molecule has 2 N–H and O–H groups in total. The van der Waals surface area contributed by atoms with Crippen LogP contribution in [0.25, 0.3) is 11.1 Å². The van der Waals surface area contributed by atoms with Crippen molar-refractivity contribution >= 4 is 15.2 Å². The van der Waals surface area contributed by atoms with Crippen molar-refractivity contribution in [2.24, 2.45) is 0 Å². The summed E-state index contributed by atoms with van der Waals surface area (Å²) in [5.41, 5.74) is 8.13. The average molecular weight is 311 g/mol. The number of nitrogen functional groups attached to an aromatic ring is 1. The quantitative estimate of drug-likeness (QED) is 0.487. The summed E-state index contributed by atoms with van der Waals surface area (Å²) in [6.45, 7) is 0. The molecular weight excluding hydrogens is 300 g/mol. The fourth-order valence-electron chi connectivity index (χ4n) is 1.23. The van der Waals surface area contributed by atoms with Gasteiger partial charge in [-0.05, 0) is 13.1 Å². The minimum atomic E-state index is 0.449. The van der Waals surface area contributed by atoms with E-state index in [-0.39, 0.29) is 0 Å². The van der Waals surface area contributed by atoms with E-state index in [0.717, 1.165) is 11.1 Å². The van der Waals surface area contributed by atoms with Crippen molar-refractivity contribution in [2.45, 2.75) is 0 Å². The van der Waals surface area contributed by atoms with Gasteiger partial charge in [0.2, 0.25) is 0 Å². The standard InChI is InChI=1S/C12H10N.ClH.Pd/c13-12-9-5-4-8-11(12)10-6-2-1-3-7-10;;/h1-6,8-9H,13H2;1H;/q-1;;+2/p-1/i6D;;. The Hall–Kier alpha value is -0.808. The van der Waals surface area contributed by atoms with Crippen LogP contribution in [0.4, 0.5) is 5.69 Å². The molecule has 0 aromatic heterocycles. The van der Waals surface area contributed by atoms with Crippen molar-refractivity contribution in [1.29, 1.82) is 0 Å². The number of para-hydroxylation sites is 1. The molecule has 0 aliphatic carbocycles. The van der Waals surface area contributed by atoms with Gasteiger partial charge >= 0.3 is 27.7 Å². The summed E-state index contributed by atoms with van der Waals surface area (Å²) in [6, 6.07) is 16.3. The Morgan fingerprint density at radius 3 is 2.60 bits per heavy atom. The fraction of sp³-hybridized carbons (Fsp3) is 0. The first kappa shape index (κ1) is 10.7. The third-order valence-corrected chi connectivity index (χ3v) is 1.88. The van der Waals surface area contributed by atoms with E-state index in [9.17, 15) is 0 Å². The molecule has 0 saturated heterocycles. The summed E-state index contributed by atoms with van der Waals surface area (Å²) < 4.78 is 7.72. The molecule has 0 atom stereocenters. The fourth-order valence-corrected chi connectivity index (χ4v) is 1.23. The summed E-state index contributed by atoms with van der Waals surface area (Å²) in [6.07, 6.45) is 0. The molecule has 0 radical (unpaired) electrons. The first-order valence-electron chi connectivity index (χ1n) is 4.73. The minimum absolute atomic E-state index is 0.449. The SMILES string of the molecule is [2H]c1ccc[c-]c1-c1ccccc1N.[Cl][Pd+]. The van der Waals surface area contributed by atoms with Gasteiger partial charge in [-0.3, -0.25) is 0 Å². The maximum absolute atomic E-state index is 7.72. The molecule has 15 heavy (non-hydrogen) atoms. The Labute approximate surface area is 106 Å². The number of anilines is 1. The number of halogens is 1. The van der Waals surface area contributed by atoms with E-state index in [4.69, 9.17) is 7.10 Å². The molecule has 0 spiro atoms. The van der Waals surface area contributed by atoms with Crippen LogP contribution in [0.15, 0.2) is 48.5 Å². The van der Waals surface area contributed by atoms with Gasteiger partial charge < -0.3 is 5.73 Å². The molecule has 0 unspecified atom stereocenters. The molecule has 0 heterocycles. The van der Waals surface area contributed by atoms with Gasteiger partial charge in [-0.1, -0.05) is 23.8 Å². The third-order valence-electron chi connectivity index (χ3n) is 1.88. The molecule has 0 aliphatic rings. The third kappa shape index (κ3) is 3.36. The van der Waals surface area contributed by atoms with Crippen molar-refractivity contribution in [3.8, 4) is 11.1 Å². The number of benzene rings is 2. The molecule has 0 fully saturated rings. The molecule has 3 heteroatoms. The first-order chi connectivity index (χ1) is 7.79. The Balaban J connectivity index is 0.000000606. The van der Waals surface area contributed by atoms with Gasteiger partial charge in [0.25, 0.3) is 0 Å². The van der Waals surface area contributed by atoms with Crippen LogP contribution >= 0.6 is 9.53 Å². The normalized spacial score (nSPS) is 9.93. The molecule has 0 bridgehead atoms. The van der Waals surface area contributed by atoms with Crippen LogP contribution < -0.4 is 5.73 Å². The van der Waals surface area contributed by atoms with Gasteiger partial charge in [-0.25, -0.2) is 0 Å². The van der Waals surface area contributed by atoms with Crippen LogP contribution in [0.5, 0.6) is 0 Å². The molecule has 2 rings (SSSR count). The average Bonchev–Trinajstić information content (AvgIpc) is 2.34. The van der Waals surface area contributed by atoms with Crippen molar-refractivity contribution < 1.29 is 19.6 Å². The molecule has 0 saturated carbocycles. The van der Waals surface area contributed by atoms with Crippen molar-refractivity contribution in [3.05, 3.63) is 54.6 Å². The van der Waals surface area contributed by atoms with Crippen LogP contribution in [-0.2, 0) is 18.2 Å². The second-order valence-corrected chi connectivity index (χ2v) is 2.78. The molecule has 2 aromatic carbocycles. The first-order valence-corrected chi connectivity index (χ1v) is 6.23. The zero-order valence-electron chi connectivity index (χ0n) is 8.81. The summed E-state index contributed by atoms with van der Waals surface area (Å²) in [5.74, 6) is 0. The van der Waals surface area contributed by atoms with Crippen LogP contribution in [-0.4, -0.2) is 0 Å². The van der Waals surface area contributed by atoms with Crippen LogP contribution in [0.3, 0.4) is 0 Å². The zero-order chi connectivity index (χ0) is 12.0. The molecule has 0 aliphatic heterocycles. The van der Waals surface area contributed by atoms with E-state index in [1.807, 2.05) is 24.3 Å². The van der Waals surface area contributed by atoms with E-state index >= 15 is 0 Å². The summed E-state index contributed by atoms with van der Waals surface area (Å²) in [5, 5.41) is 0. The van der Waals surface area contributed by atoms with Crippen molar-refractivity contribution in [1.82, 2.24) is 0 Å². The number of hydrogen-bond acceptors (Lipinski definition) is 1. The van der Waals surface area contributed by atoms with Gasteiger partial charge in [-0.15, -0.1) is 35.9 Å². The molecule has 80 valence electrons. The van der Waals surface area contributed by atoms with Crippen LogP contribution in [0.2, 0.25) is 0 Å². The summed E-state index contributed by atoms with van der Waals surface area (Å²) in [4.78, 5) is 0. The maximum atomic E-state index is 7.72. The van der Waals surface area contributed by atoms with Crippen LogP contribution in [0, 0.1) is 6.07 Å². The second kappa shape index (κ2) is 6.63. The van der Waals surface area contributed by atoms with E-state index in [1.54, 1.807) is 18.2 Å². The van der Waals surface area contributed by atoms with Crippen molar-refractivity contribution in [2.75, 3.05) is 5.73 Å². The van der Waals surface area contributed by atoms with Gasteiger partial charge in [0, 0.05) is 0 Å². The Bertz CT molecular complexity index is 419. The van der Waals surface area contributed by atoms with Gasteiger partial charge in [0.15, 0.2) is 0 Å². The Morgan fingerprint density at radius 2 is 1.93 bits per heavy atom. The zero-order valence-corrected chi connectivity index (χ0v) is 10.1. The number of hydrogen-bond donors (Lipinski definition) is 1. The van der Waals surface area contributed by atoms with Gasteiger partial charge in [0.1, 0.15) is 0 Å². The van der Waals surface area contributed by atoms with E-state index in [1.165, 1.54) is 0 Å². The predicted molar refractivity (Wildman–Crippen MR) is 61.0 cm³/mol.